The molecule has 0 amide bonds. The number of hydrogen-bond donors (Lipinski definition) is 1. The molecule has 1 aromatic heterocycles. The van der Waals surface area contributed by atoms with E-state index < -0.39 is 11.8 Å². The summed E-state index contributed by atoms with van der Waals surface area (Å²) in [6.45, 7) is 0. The van der Waals surface area contributed by atoms with Crippen molar-refractivity contribution in [3.8, 4) is 0 Å². The predicted octanol–water partition coefficient (Wildman–Crippen LogP) is 3.39. The third kappa shape index (κ3) is 1.27. The quantitative estimate of drug-likeness (QED) is 0.815. The molecule has 0 spiro atoms. The Morgan fingerprint density at radius 1 is 1.50 bits per heavy atom. The van der Waals surface area contributed by atoms with Crippen LogP contribution in [-0.4, -0.2) is 11.1 Å². The largest absolute Gasteiger partial charge is 0.478 e. The Kier molecular flexibility index (Phi) is 2.17. The van der Waals surface area contributed by atoms with Crippen molar-refractivity contribution in [2.75, 3.05) is 0 Å². The van der Waals surface area contributed by atoms with E-state index in [-0.39, 0.29) is 16.0 Å². The zero-order chi connectivity index (χ0) is 10.3. The monoisotopic (exact) mass is 230 g/mol. The zero-order valence-corrected chi connectivity index (χ0v) is 8.32. The molecule has 1 heterocycles. The first-order valence-electron chi connectivity index (χ1n) is 3.69. The minimum atomic E-state index is -1.14. The summed E-state index contributed by atoms with van der Waals surface area (Å²) in [6, 6.07) is 3.03. The lowest BCUT2D eigenvalue weighted by atomic mass is 10.2. The van der Waals surface area contributed by atoms with Crippen LogP contribution in [0.4, 0.5) is 4.39 Å². The van der Waals surface area contributed by atoms with E-state index in [1.807, 2.05) is 0 Å². The Bertz CT molecular complexity index is 521. The van der Waals surface area contributed by atoms with Gasteiger partial charge in [0, 0.05) is 15.5 Å². The van der Waals surface area contributed by atoms with Gasteiger partial charge >= 0.3 is 5.97 Å². The fourth-order valence-electron chi connectivity index (χ4n) is 1.22. The molecule has 0 aliphatic rings. The maximum atomic E-state index is 13.5. The van der Waals surface area contributed by atoms with Gasteiger partial charge in [-0.15, -0.1) is 11.3 Å². The minimum Gasteiger partial charge on any atom is -0.478 e. The summed E-state index contributed by atoms with van der Waals surface area (Å²) in [5.41, 5.74) is -0.0370. The maximum Gasteiger partial charge on any atom is 0.337 e. The molecule has 14 heavy (non-hydrogen) atoms. The maximum absolute atomic E-state index is 13.5. The van der Waals surface area contributed by atoms with E-state index in [1.54, 1.807) is 6.07 Å². The second-order valence-electron chi connectivity index (χ2n) is 2.69. The van der Waals surface area contributed by atoms with Crippen LogP contribution in [0.25, 0.3) is 10.1 Å². The molecule has 0 fully saturated rings. The van der Waals surface area contributed by atoms with Crippen molar-refractivity contribution >= 4 is 39.0 Å². The number of thiophene rings is 1. The summed E-state index contributed by atoms with van der Waals surface area (Å²) in [5.74, 6) is -1.81. The van der Waals surface area contributed by atoms with Gasteiger partial charge < -0.3 is 5.11 Å². The summed E-state index contributed by atoms with van der Waals surface area (Å²) < 4.78 is 14.1. The van der Waals surface area contributed by atoms with Crippen molar-refractivity contribution in [1.82, 2.24) is 0 Å². The van der Waals surface area contributed by atoms with Crippen LogP contribution in [0.2, 0.25) is 5.02 Å². The Morgan fingerprint density at radius 2 is 2.21 bits per heavy atom. The first-order chi connectivity index (χ1) is 6.61. The Morgan fingerprint density at radius 3 is 2.86 bits per heavy atom. The van der Waals surface area contributed by atoms with Crippen LogP contribution in [0, 0.1) is 5.82 Å². The molecule has 5 heteroatoms. The average Bonchev–Trinajstić information content (AvgIpc) is 2.55. The molecule has 0 radical (unpaired) electrons. The molecule has 0 bridgehead atoms. The SMILES string of the molecule is O=C(O)c1csc2ccc(Cl)c(F)c12. The van der Waals surface area contributed by atoms with Crippen molar-refractivity contribution in [3.63, 3.8) is 0 Å². The molecule has 0 unspecified atom stereocenters. The second-order valence-corrected chi connectivity index (χ2v) is 4.01. The lowest BCUT2D eigenvalue weighted by molar-refractivity contribution is 0.0699. The highest BCUT2D eigenvalue weighted by atomic mass is 35.5. The van der Waals surface area contributed by atoms with Gasteiger partial charge in [-0.25, -0.2) is 9.18 Å². The van der Waals surface area contributed by atoms with Gasteiger partial charge in [0.15, 0.2) is 5.82 Å². The number of rotatable bonds is 1. The van der Waals surface area contributed by atoms with Gasteiger partial charge in [-0.1, -0.05) is 11.6 Å². The van der Waals surface area contributed by atoms with Gasteiger partial charge in [-0.3, -0.25) is 0 Å². The Balaban J connectivity index is 2.89. The molecule has 0 atom stereocenters. The number of aromatic carboxylic acids is 1. The summed E-state index contributed by atoms with van der Waals surface area (Å²) in [4.78, 5) is 10.7. The molecule has 2 aromatic rings. The van der Waals surface area contributed by atoms with Crippen molar-refractivity contribution in [2.24, 2.45) is 0 Å². The summed E-state index contributed by atoms with van der Waals surface area (Å²) in [6.07, 6.45) is 0. The molecule has 72 valence electrons. The highest BCUT2D eigenvalue weighted by Crippen LogP contribution is 2.31. The topological polar surface area (TPSA) is 37.3 Å². The summed E-state index contributed by atoms with van der Waals surface area (Å²) in [5, 5.41) is 10.2. The van der Waals surface area contributed by atoms with Gasteiger partial charge in [0.1, 0.15) is 0 Å². The number of fused-ring (bicyclic) bond motifs is 1. The lowest BCUT2D eigenvalue weighted by Crippen LogP contribution is -1.95. The molecule has 1 aromatic carbocycles. The van der Waals surface area contributed by atoms with Crippen molar-refractivity contribution < 1.29 is 14.3 Å². The highest BCUT2D eigenvalue weighted by molar-refractivity contribution is 7.17. The van der Waals surface area contributed by atoms with Gasteiger partial charge in [-0.2, -0.15) is 0 Å². The molecule has 2 nitrogen and oxygen atoms in total. The predicted molar refractivity (Wildman–Crippen MR) is 53.8 cm³/mol. The fourth-order valence-corrected chi connectivity index (χ4v) is 2.31. The number of carboxylic acid groups (broad SMARTS) is 1. The molecule has 2 rings (SSSR count). The summed E-state index contributed by atoms with van der Waals surface area (Å²) >= 11 is 6.74. The van der Waals surface area contributed by atoms with Crippen molar-refractivity contribution in [2.45, 2.75) is 0 Å². The van der Waals surface area contributed by atoms with Gasteiger partial charge in [0.25, 0.3) is 0 Å². The smallest absolute Gasteiger partial charge is 0.337 e. The van der Waals surface area contributed by atoms with Gasteiger partial charge in [-0.05, 0) is 12.1 Å². The molecular weight excluding hydrogens is 227 g/mol. The van der Waals surface area contributed by atoms with E-state index in [4.69, 9.17) is 16.7 Å². The van der Waals surface area contributed by atoms with Crippen LogP contribution in [-0.2, 0) is 0 Å². The van der Waals surface area contributed by atoms with Crippen molar-refractivity contribution in [3.05, 3.63) is 33.9 Å². The van der Waals surface area contributed by atoms with E-state index in [0.717, 1.165) is 0 Å². The number of carboxylic acids is 1. The van der Waals surface area contributed by atoms with Gasteiger partial charge in [0.2, 0.25) is 0 Å². The van der Waals surface area contributed by atoms with Crippen LogP contribution in [0.3, 0.4) is 0 Å². The summed E-state index contributed by atoms with van der Waals surface area (Å²) in [7, 11) is 0. The Hall–Kier alpha value is -1.13. The number of hydrogen-bond acceptors (Lipinski definition) is 2. The first kappa shape index (κ1) is 9.43. The molecule has 1 N–H and O–H groups in total. The van der Waals surface area contributed by atoms with E-state index >= 15 is 0 Å². The van der Waals surface area contributed by atoms with Gasteiger partial charge in [0.05, 0.1) is 10.6 Å². The normalized spacial score (nSPS) is 10.7. The van der Waals surface area contributed by atoms with Crippen LogP contribution in [0.5, 0.6) is 0 Å². The van der Waals surface area contributed by atoms with Crippen molar-refractivity contribution in [1.29, 1.82) is 0 Å². The molecule has 0 aliphatic carbocycles. The van der Waals surface area contributed by atoms with Crippen LogP contribution in [0.15, 0.2) is 17.5 Å². The highest BCUT2D eigenvalue weighted by Gasteiger charge is 2.16. The fraction of sp³-hybridized carbons (Fsp3) is 0. The standard InChI is InChI=1S/C9H4ClFO2S/c10-5-1-2-6-7(8(5)11)4(3-14-6)9(12)13/h1-3H,(H,12,13). The number of halogens is 2. The van der Waals surface area contributed by atoms with Crippen LogP contribution < -0.4 is 0 Å². The first-order valence-corrected chi connectivity index (χ1v) is 4.95. The van der Waals surface area contributed by atoms with Crippen LogP contribution >= 0.6 is 22.9 Å². The minimum absolute atomic E-state index is 0.0370. The lowest BCUT2D eigenvalue weighted by Gasteiger charge is -1.97. The van der Waals surface area contributed by atoms with E-state index in [1.165, 1.54) is 22.8 Å². The molecule has 0 saturated heterocycles. The number of carbonyl (C=O) groups is 1. The van der Waals surface area contributed by atoms with E-state index in [9.17, 15) is 9.18 Å². The third-order valence-corrected chi connectivity index (χ3v) is 3.10. The zero-order valence-electron chi connectivity index (χ0n) is 6.75. The number of benzene rings is 1. The van der Waals surface area contributed by atoms with E-state index in [0.29, 0.717) is 4.70 Å². The molecular formula is C9H4ClFO2S. The third-order valence-electron chi connectivity index (χ3n) is 1.86. The van der Waals surface area contributed by atoms with E-state index in [2.05, 4.69) is 0 Å². The Labute approximate surface area is 87.5 Å². The molecule has 0 saturated carbocycles. The molecule has 0 aliphatic heterocycles. The second kappa shape index (κ2) is 3.22. The average molecular weight is 231 g/mol. The van der Waals surface area contributed by atoms with Crippen LogP contribution in [0.1, 0.15) is 10.4 Å².